The van der Waals surface area contributed by atoms with Gasteiger partial charge in [-0.1, -0.05) is 37.3 Å². The maximum Gasteiger partial charge on any atom is 0.236 e. The van der Waals surface area contributed by atoms with Crippen molar-refractivity contribution >= 4 is 5.91 Å². The van der Waals surface area contributed by atoms with E-state index in [1.807, 2.05) is 47.2 Å². The zero-order valence-corrected chi connectivity index (χ0v) is 14.9. The molecule has 1 heterocycles. The van der Waals surface area contributed by atoms with Gasteiger partial charge in [-0.25, -0.2) is 0 Å². The highest BCUT2D eigenvalue weighted by atomic mass is 16.5. The molecule has 0 bridgehead atoms. The Morgan fingerprint density at radius 2 is 2.00 bits per heavy atom. The van der Waals surface area contributed by atoms with Gasteiger partial charge in [0.05, 0.1) is 25.9 Å². The van der Waals surface area contributed by atoms with Crippen molar-refractivity contribution in [1.29, 1.82) is 0 Å². The first-order chi connectivity index (χ1) is 11.5. The van der Waals surface area contributed by atoms with Gasteiger partial charge in [0.1, 0.15) is 0 Å². The van der Waals surface area contributed by atoms with Crippen LogP contribution in [0.15, 0.2) is 30.3 Å². The number of amides is 1. The minimum Gasteiger partial charge on any atom is -0.389 e. The van der Waals surface area contributed by atoms with Crippen LogP contribution in [0.1, 0.15) is 25.3 Å². The van der Waals surface area contributed by atoms with E-state index in [0.717, 1.165) is 37.4 Å². The summed E-state index contributed by atoms with van der Waals surface area (Å²) in [6.07, 6.45) is 1.59. The SMILES string of the molecule is CC1CCN(C(=O)CN(C)CC(O)COCc2ccccc2)CC1. The number of likely N-dealkylation sites (N-methyl/N-ethyl adjacent to an activating group) is 1. The topological polar surface area (TPSA) is 53.0 Å². The molecule has 1 aromatic rings. The van der Waals surface area contributed by atoms with Crippen molar-refractivity contribution in [3.8, 4) is 0 Å². The number of nitrogens with zero attached hydrogens (tertiary/aromatic N) is 2. The largest absolute Gasteiger partial charge is 0.389 e. The monoisotopic (exact) mass is 334 g/mol. The van der Waals surface area contributed by atoms with Gasteiger partial charge in [0, 0.05) is 19.6 Å². The zero-order chi connectivity index (χ0) is 17.4. The highest BCUT2D eigenvalue weighted by Crippen LogP contribution is 2.16. The van der Waals surface area contributed by atoms with E-state index < -0.39 is 6.10 Å². The van der Waals surface area contributed by atoms with Crippen LogP contribution >= 0.6 is 0 Å². The molecule has 5 heteroatoms. The van der Waals surface area contributed by atoms with Gasteiger partial charge in [0.2, 0.25) is 5.91 Å². The van der Waals surface area contributed by atoms with Crippen LogP contribution in [0.25, 0.3) is 0 Å². The maximum absolute atomic E-state index is 12.3. The molecule has 1 aliphatic heterocycles. The number of piperidine rings is 1. The summed E-state index contributed by atoms with van der Waals surface area (Å²) < 4.78 is 5.54. The Labute approximate surface area is 145 Å². The van der Waals surface area contributed by atoms with E-state index in [2.05, 4.69) is 6.92 Å². The van der Waals surface area contributed by atoms with Gasteiger partial charge in [-0.15, -0.1) is 0 Å². The molecule has 134 valence electrons. The Balaban J connectivity index is 1.62. The van der Waals surface area contributed by atoms with Crippen LogP contribution in [-0.4, -0.2) is 66.8 Å². The fourth-order valence-corrected chi connectivity index (χ4v) is 2.95. The van der Waals surface area contributed by atoms with Gasteiger partial charge in [0.25, 0.3) is 0 Å². The minimum atomic E-state index is -0.590. The zero-order valence-electron chi connectivity index (χ0n) is 14.9. The van der Waals surface area contributed by atoms with Crippen LogP contribution in [0, 0.1) is 5.92 Å². The van der Waals surface area contributed by atoms with Crippen molar-refractivity contribution in [3.05, 3.63) is 35.9 Å². The number of hydrogen-bond acceptors (Lipinski definition) is 4. The number of likely N-dealkylation sites (tertiary alicyclic amines) is 1. The average Bonchev–Trinajstić information content (AvgIpc) is 2.56. The van der Waals surface area contributed by atoms with E-state index in [-0.39, 0.29) is 12.5 Å². The van der Waals surface area contributed by atoms with Gasteiger partial charge >= 0.3 is 0 Å². The molecule has 1 atom stereocenters. The average molecular weight is 334 g/mol. The predicted octanol–water partition coefficient (Wildman–Crippen LogP) is 1.75. The second kappa shape index (κ2) is 9.77. The van der Waals surface area contributed by atoms with Gasteiger partial charge < -0.3 is 14.7 Å². The summed E-state index contributed by atoms with van der Waals surface area (Å²) in [5, 5.41) is 10.1. The van der Waals surface area contributed by atoms with Gasteiger partial charge in [-0.2, -0.15) is 0 Å². The fraction of sp³-hybridized carbons (Fsp3) is 0.632. The number of rotatable bonds is 8. The van der Waals surface area contributed by atoms with E-state index in [0.29, 0.717) is 19.7 Å². The fourth-order valence-electron chi connectivity index (χ4n) is 2.95. The van der Waals surface area contributed by atoms with Crippen LogP contribution < -0.4 is 0 Å². The van der Waals surface area contributed by atoms with E-state index in [9.17, 15) is 9.90 Å². The summed E-state index contributed by atoms with van der Waals surface area (Å²) in [5.74, 6) is 0.872. The van der Waals surface area contributed by atoms with E-state index in [1.54, 1.807) is 0 Å². The first-order valence-electron chi connectivity index (χ1n) is 8.80. The van der Waals surface area contributed by atoms with Crippen LogP contribution in [0.5, 0.6) is 0 Å². The van der Waals surface area contributed by atoms with Crippen LogP contribution in [0.4, 0.5) is 0 Å². The quantitative estimate of drug-likeness (QED) is 0.787. The van der Waals surface area contributed by atoms with Crippen LogP contribution in [0.2, 0.25) is 0 Å². The Kier molecular flexibility index (Phi) is 7.69. The van der Waals surface area contributed by atoms with Crippen molar-refractivity contribution in [1.82, 2.24) is 9.80 Å². The molecule has 1 saturated heterocycles. The van der Waals surface area contributed by atoms with Gasteiger partial charge in [0.15, 0.2) is 0 Å². The number of hydrogen-bond donors (Lipinski definition) is 1. The van der Waals surface area contributed by atoms with Gasteiger partial charge in [-0.05, 0) is 31.4 Å². The summed E-state index contributed by atoms with van der Waals surface area (Å²) >= 11 is 0. The lowest BCUT2D eigenvalue weighted by Crippen LogP contribution is -2.44. The molecule has 24 heavy (non-hydrogen) atoms. The van der Waals surface area contributed by atoms with Gasteiger partial charge in [-0.3, -0.25) is 9.69 Å². The third kappa shape index (κ3) is 6.59. The Bertz CT molecular complexity index is 487. The van der Waals surface area contributed by atoms with E-state index in [4.69, 9.17) is 4.74 Å². The van der Waals surface area contributed by atoms with E-state index >= 15 is 0 Å². The molecule has 1 fully saturated rings. The third-order valence-electron chi connectivity index (χ3n) is 4.49. The Morgan fingerprint density at radius 1 is 1.33 bits per heavy atom. The lowest BCUT2D eigenvalue weighted by atomic mass is 9.99. The second-order valence-electron chi connectivity index (χ2n) is 6.91. The molecule has 1 unspecified atom stereocenters. The molecule has 0 aliphatic carbocycles. The molecule has 0 radical (unpaired) electrons. The van der Waals surface area contributed by atoms with Crippen LogP contribution in [0.3, 0.4) is 0 Å². The normalized spacial score (nSPS) is 17.2. The molecule has 1 N–H and O–H groups in total. The summed E-state index contributed by atoms with van der Waals surface area (Å²) in [6.45, 7) is 5.50. The second-order valence-corrected chi connectivity index (χ2v) is 6.91. The first-order valence-corrected chi connectivity index (χ1v) is 8.80. The number of aliphatic hydroxyl groups excluding tert-OH is 1. The Morgan fingerprint density at radius 3 is 2.67 bits per heavy atom. The molecule has 0 aromatic heterocycles. The molecule has 1 aliphatic rings. The number of ether oxygens (including phenoxy) is 1. The molecular formula is C19H30N2O3. The summed E-state index contributed by atoms with van der Waals surface area (Å²) in [6, 6.07) is 9.90. The molecular weight excluding hydrogens is 304 g/mol. The molecule has 0 saturated carbocycles. The lowest BCUT2D eigenvalue weighted by Gasteiger charge is -2.32. The Hall–Kier alpha value is -1.43. The number of aliphatic hydroxyl groups is 1. The van der Waals surface area contributed by atoms with Crippen molar-refractivity contribution < 1.29 is 14.6 Å². The number of carbonyl (C=O) groups excluding carboxylic acids is 1. The van der Waals surface area contributed by atoms with Crippen molar-refractivity contribution in [3.63, 3.8) is 0 Å². The third-order valence-corrected chi connectivity index (χ3v) is 4.49. The molecule has 0 spiro atoms. The van der Waals surface area contributed by atoms with E-state index in [1.165, 1.54) is 0 Å². The number of carbonyl (C=O) groups is 1. The number of benzene rings is 1. The summed E-state index contributed by atoms with van der Waals surface area (Å²) in [4.78, 5) is 16.1. The van der Waals surface area contributed by atoms with Crippen molar-refractivity contribution in [2.75, 3.05) is 39.8 Å². The molecule has 2 rings (SSSR count). The maximum atomic E-state index is 12.3. The predicted molar refractivity (Wildman–Crippen MR) is 94.6 cm³/mol. The van der Waals surface area contributed by atoms with Crippen molar-refractivity contribution in [2.45, 2.75) is 32.5 Å². The highest BCUT2D eigenvalue weighted by Gasteiger charge is 2.21. The summed E-state index contributed by atoms with van der Waals surface area (Å²) in [7, 11) is 1.87. The summed E-state index contributed by atoms with van der Waals surface area (Å²) in [5.41, 5.74) is 1.09. The first kappa shape index (κ1) is 18.9. The minimum absolute atomic E-state index is 0.154. The highest BCUT2D eigenvalue weighted by molar-refractivity contribution is 5.78. The van der Waals surface area contributed by atoms with Crippen molar-refractivity contribution in [2.24, 2.45) is 5.92 Å². The smallest absolute Gasteiger partial charge is 0.236 e. The molecule has 5 nitrogen and oxygen atoms in total. The standard InChI is InChI=1S/C19H30N2O3/c1-16-8-10-21(11-9-16)19(23)13-20(2)12-18(22)15-24-14-17-6-4-3-5-7-17/h3-7,16,18,22H,8-15H2,1-2H3. The molecule has 1 amide bonds. The lowest BCUT2D eigenvalue weighted by molar-refractivity contribution is -0.133. The molecule has 1 aromatic carbocycles. The van der Waals surface area contributed by atoms with Crippen LogP contribution in [-0.2, 0) is 16.1 Å².